The molecule has 0 saturated heterocycles. The molecule has 0 bridgehead atoms. The van der Waals surface area contributed by atoms with Gasteiger partial charge >= 0.3 is 5.97 Å². The lowest BCUT2D eigenvalue weighted by molar-refractivity contribution is -0.137. The fraction of sp³-hybridized carbons (Fsp3) is 0.455. The summed E-state index contributed by atoms with van der Waals surface area (Å²) >= 11 is 3.12. The molecule has 0 unspecified atom stereocenters. The van der Waals surface area contributed by atoms with Crippen molar-refractivity contribution in [2.24, 2.45) is 0 Å². The van der Waals surface area contributed by atoms with Gasteiger partial charge in [0.25, 0.3) is 5.91 Å². The molecule has 0 aliphatic heterocycles. The Morgan fingerprint density at radius 3 is 2.59 bits per heavy atom. The summed E-state index contributed by atoms with van der Waals surface area (Å²) < 4.78 is 5.47. The number of rotatable bonds is 5. The Balaban J connectivity index is 2.77. The minimum atomic E-state index is -0.920. The van der Waals surface area contributed by atoms with E-state index in [4.69, 9.17) is 9.52 Å². The summed E-state index contributed by atoms with van der Waals surface area (Å²) in [6.45, 7) is 3.87. The summed E-state index contributed by atoms with van der Waals surface area (Å²) in [6.07, 6.45) is 1.28. The first kappa shape index (κ1) is 13.8. The van der Waals surface area contributed by atoms with E-state index in [1.165, 1.54) is 11.2 Å². The maximum atomic E-state index is 12.1. The van der Waals surface area contributed by atoms with Crippen LogP contribution < -0.4 is 0 Å². The summed E-state index contributed by atoms with van der Waals surface area (Å²) in [5, 5.41) is 8.64. The van der Waals surface area contributed by atoms with Crippen LogP contribution in [-0.4, -0.2) is 34.5 Å². The third kappa shape index (κ3) is 3.89. The zero-order valence-electron chi connectivity index (χ0n) is 9.64. The van der Waals surface area contributed by atoms with Crippen LogP contribution in [0.25, 0.3) is 0 Å². The topological polar surface area (TPSA) is 70.8 Å². The summed E-state index contributed by atoms with van der Waals surface area (Å²) in [6, 6.07) is 1.51. The Bertz CT molecular complexity index is 413. The van der Waals surface area contributed by atoms with E-state index in [0.717, 1.165) is 0 Å². The van der Waals surface area contributed by atoms with Gasteiger partial charge < -0.3 is 14.4 Å². The zero-order chi connectivity index (χ0) is 13.0. The molecule has 1 rings (SSSR count). The SMILES string of the molecule is CC(C)N(CCC(=O)O)C(=O)c1coc(Br)c1. The van der Waals surface area contributed by atoms with Crippen LogP contribution in [0.4, 0.5) is 0 Å². The first-order chi connectivity index (χ1) is 7.91. The normalized spacial score (nSPS) is 10.6. The highest BCUT2D eigenvalue weighted by molar-refractivity contribution is 9.10. The standard InChI is InChI=1S/C11H14BrNO4/c1-7(2)13(4-3-10(14)15)11(16)8-5-9(12)17-6-8/h5-7H,3-4H2,1-2H3,(H,14,15). The van der Waals surface area contributed by atoms with Crippen molar-refractivity contribution in [2.45, 2.75) is 26.3 Å². The molecule has 0 aromatic carbocycles. The maximum Gasteiger partial charge on any atom is 0.305 e. The van der Waals surface area contributed by atoms with Crippen molar-refractivity contribution in [3.8, 4) is 0 Å². The number of carboxylic acids is 1. The zero-order valence-corrected chi connectivity index (χ0v) is 11.2. The van der Waals surface area contributed by atoms with E-state index >= 15 is 0 Å². The predicted octanol–water partition coefficient (Wildman–Crippen LogP) is 2.37. The molecule has 0 spiro atoms. The molecule has 1 N–H and O–H groups in total. The van der Waals surface area contributed by atoms with Crippen molar-refractivity contribution >= 4 is 27.8 Å². The van der Waals surface area contributed by atoms with Gasteiger partial charge in [0, 0.05) is 18.7 Å². The Hall–Kier alpha value is -1.30. The lowest BCUT2D eigenvalue weighted by atomic mass is 10.2. The van der Waals surface area contributed by atoms with Crippen LogP contribution >= 0.6 is 15.9 Å². The van der Waals surface area contributed by atoms with Crippen LogP contribution in [0.1, 0.15) is 30.6 Å². The summed E-state index contributed by atoms with van der Waals surface area (Å²) in [5.74, 6) is -1.15. The molecule has 5 nitrogen and oxygen atoms in total. The number of carboxylic acid groups (broad SMARTS) is 1. The molecule has 0 aliphatic rings. The number of hydrogen-bond donors (Lipinski definition) is 1. The van der Waals surface area contributed by atoms with Crippen LogP contribution in [0, 0.1) is 0 Å². The second kappa shape index (κ2) is 5.86. The van der Waals surface area contributed by atoms with Crippen LogP contribution in [0.3, 0.4) is 0 Å². The molecule has 6 heteroatoms. The van der Waals surface area contributed by atoms with Crippen molar-refractivity contribution < 1.29 is 19.1 Å². The summed E-state index contributed by atoms with van der Waals surface area (Å²) in [4.78, 5) is 24.1. The van der Waals surface area contributed by atoms with Crippen molar-refractivity contribution in [3.05, 3.63) is 22.6 Å². The Morgan fingerprint density at radius 2 is 2.18 bits per heavy atom. The molecule has 0 aliphatic carbocycles. The number of aliphatic carboxylic acids is 1. The van der Waals surface area contributed by atoms with Crippen LogP contribution in [0.15, 0.2) is 21.4 Å². The van der Waals surface area contributed by atoms with E-state index in [1.54, 1.807) is 6.07 Å². The summed E-state index contributed by atoms with van der Waals surface area (Å²) in [7, 11) is 0. The first-order valence-corrected chi connectivity index (χ1v) is 5.98. The number of carbonyl (C=O) groups is 2. The van der Waals surface area contributed by atoms with Gasteiger partial charge in [-0.2, -0.15) is 0 Å². The second-order valence-corrected chi connectivity index (χ2v) is 4.66. The fourth-order valence-corrected chi connectivity index (χ4v) is 1.74. The lowest BCUT2D eigenvalue weighted by Crippen LogP contribution is -2.38. The van der Waals surface area contributed by atoms with Crippen molar-refractivity contribution in [2.75, 3.05) is 6.54 Å². The molecule has 0 fully saturated rings. The highest BCUT2D eigenvalue weighted by atomic mass is 79.9. The molecule has 0 atom stereocenters. The quantitative estimate of drug-likeness (QED) is 0.906. The Labute approximate surface area is 108 Å². The largest absolute Gasteiger partial charge is 0.481 e. The molecule has 1 aromatic rings. The average molecular weight is 304 g/mol. The maximum absolute atomic E-state index is 12.1. The molecule has 0 saturated carbocycles. The minimum Gasteiger partial charge on any atom is -0.481 e. The van der Waals surface area contributed by atoms with Gasteiger partial charge in [0.1, 0.15) is 6.26 Å². The van der Waals surface area contributed by atoms with E-state index in [2.05, 4.69) is 15.9 Å². The molecule has 1 amide bonds. The molecular weight excluding hydrogens is 290 g/mol. The minimum absolute atomic E-state index is 0.0597. The lowest BCUT2D eigenvalue weighted by Gasteiger charge is -2.25. The third-order valence-corrected chi connectivity index (χ3v) is 2.68. The predicted molar refractivity (Wildman–Crippen MR) is 64.8 cm³/mol. The van der Waals surface area contributed by atoms with E-state index in [1.807, 2.05) is 13.8 Å². The number of hydrogen-bond acceptors (Lipinski definition) is 3. The summed E-state index contributed by atoms with van der Waals surface area (Å²) in [5.41, 5.74) is 0.413. The second-order valence-electron chi connectivity index (χ2n) is 3.88. The molecule has 0 radical (unpaired) electrons. The van der Waals surface area contributed by atoms with Crippen molar-refractivity contribution in [1.82, 2.24) is 4.90 Å². The van der Waals surface area contributed by atoms with E-state index in [0.29, 0.717) is 10.2 Å². The van der Waals surface area contributed by atoms with Crippen molar-refractivity contribution in [3.63, 3.8) is 0 Å². The fourth-order valence-electron chi connectivity index (χ4n) is 1.40. The Kier molecular flexibility index (Phi) is 4.74. The van der Waals surface area contributed by atoms with Gasteiger partial charge in [-0.3, -0.25) is 9.59 Å². The number of furan rings is 1. The number of amides is 1. The van der Waals surface area contributed by atoms with Gasteiger partial charge in [-0.05, 0) is 29.8 Å². The smallest absolute Gasteiger partial charge is 0.305 e. The average Bonchev–Trinajstić information content (AvgIpc) is 2.63. The molecule has 1 aromatic heterocycles. The molecule has 17 heavy (non-hydrogen) atoms. The number of nitrogens with zero attached hydrogens (tertiary/aromatic N) is 1. The van der Waals surface area contributed by atoms with Gasteiger partial charge in [-0.1, -0.05) is 0 Å². The number of carbonyl (C=O) groups excluding carboxylic acids is 1. The third-order valence-electron chi connectivity index (χ3n) is 2.27. The highest BCUT2D eigenvalue weighted by Crippen LogP contribution is 2.17. The molecule has 1 heterocycles. The molecule has 94 valence electrons. The Morgan fingerprint density at radius 1 is 1.53 bits per heavy atom. The van der Waals surface area contributed by atoms with Crippen LogP contribution in [0.5, 0.6) is 0 Å². The van der Waals surface area contributed by atoms with E-state index < -0.39 is 5.97 Å². The van der Waals surface area contributed by atoms with E-state index in [-0.39, 0.29) is 24.9 Å². The van der Waals surface area contributed by atoms with Gasteiger partial charge in [0.2, 0.25) is 0 Å². The van der Waals surface area contributed by atoms with Gasteiger partial charge in [-0.15, -0.1) is 0 Å². The van der Waals surface area contributed by atoms with Crippen molar-refractivity contribution in [1.29, 1.82) is 0 Å². The van der Waals surface area contributed by atoms with E-state index in [9.17, 15) is 9.59 Å². The molecular formula is C11H14BrNO4. The van der Waals surface area contributed by atoms with Gasteiger partial charge in [0.05, 0.1) is 12.0 Å². The van der Waals surface area contributed by atoms with Crippen LogP contribution in [0.2, 0.25) is 0 Å². The van der Waals surface area contributed by atoms with Gasteiger partial charge in [0.15, 0.2) is 4.67 Å². The first-order valence-electron chi connectivity index (χ1n) is 5.18. The van der Waals surface area contributed by atoms with Crippen LogP contribution in [-0.2, 0) is 4.79 Å². The monoisotopic (exact) mass is 303 g/mol. The number of halogens is 1. The highest BCUT2D eigenvalue weighted by Gasteiger charge is 2.21. The van der Waals surface area contributed by atoms with Gasteiger partial charge in [-0.25, -0.2) is 0 Å².